The van der Waals surface area contributed by atoms with Crippen LogP contribution in [-0.2, 0) is 17.6 Å². The molecule has 22 heavy (non-hydrogen) atoms. The number of nitriles is 1. The molecule has 0 atom stereocenters. The van der Waals surface area contributed by atoms with Gasteiger partial charge in [0.05, 0.1) is 17.7 Å². The molecule has 2 aromatic rings. The maximum absolute atomic E-state index is 12.4. The summed E-state index contributed by atoms with van der Waals surface area (Å²) in [7, 11) is 0. The van der Waals surface area contributed by atoms with E-state index < -0.39 is 0 Å². The predicted octanol–water partition coefficient (Wildman–Crippen LogP) is 1.32. The van der Waals surface area contributed by atoms with E-state index in [-0.39, 0.29) is 29.4 Å². The van der Waals surface area contributed by atoms with Gasteiger partial charge < -0.3 is 11.5 Å². The van der Waals surface area contributed by atoms with E-state index in [0.717, 1.165) is 12.1 Å². The molecule has 1 aromatic heterocycles. The molecule has 0 spiro atoms. The fraction of sp³-hybridized carbons (Fsp3) is 0.188. The molecule has 1 aromatic carbocycles. The molecule has 0 radical (unpaired) electrons. The maximum Gasteiger partial charge on any atom is 0.292 e. The van der Waals surface area contributed by atoms with Crippen LogP contribution in [0.25, 0.3) is 0 Å². The number of anilines is 4. The lowest BCUT2D eigenvalue weighted by atomic mass is 10.1. The van der Waals surface area contributed by atoms with Crippen molar-refractivity contribution in [3.63, 3.8) is 0 Å². The van der Waals surface area contributed by atoms with Gasteiger partial charge in [0, 0.05) is 0 Å². The Morgan fingerprint density at radius 3 is 2.59 bits per heavy atom. The second kappa shape index (κ2) is 5.04. The van der Waals surface area contributed by atoms with Crippen LogP contribution in [0.5, 0.6) is 0 Å². The van der Waals surface area contributed by atoms with E-state index in [1.807, 2.05) is 30.3 Å². The van der Waals surface area contributed by atoms with Crippen LogP contribution in [0.2, 0.25) is 0 Å². The van der Waals surface area contributed by atoms with Gasteiger partial charge in [-0.1, -0.05) is 19.1 Å². The first-order valence-corrected chi connectivity index (χ1v) is 7.02. The summed E-state index contributed by atoms with van der Waals surface area (Å²) in [6, 6.07) is 9.72. The number of aromatic nitrogens is 1. The lowest BCUT2D eigenvalue weighted by Crippen LogP contribution is -2.27. The van der Waals surface area contributed by atoms with Gasteiger partial charge in [-0.3, -0.25) is 4.79 Å². The van der Waals surface area contributed by atoms with Crippen molar-refractivity contribution in [3.05, 3.63) is 41.0 Å². The number of rotatable bonds is 2. The molecule has 6 nitrogen and oxygen atoms in total. The number of aryl methyl sites for hydroxylation is 1. The Morgan fingerprint density at radius 1 is 1.32 bits per heavy atom. The van der Waals surface area contributed by atoms with E-state index in [1.165, 1.54) is 5.56 Å². The summed E-state index contributed by atoms with van der Waals surface area (Å²) in [5.74, 6) is 0.614. The monoisotopic (exact) mass is 294 g/mol. The first kappa shape index (κ1) is 13.9. The Kier molecular flexibility index (Phi) is 3.18. The number of amides is 1. The van der Waals surface area contributed by atoms with Gasteiger partial charge >= 0.3 is 0 Å². The van der Waals surface area contributed by atoms with Gasteiger partial charge in [0.25, 0.3) is 5.91 Å². The molecule has 1 aliphatic rings. The number of nitrogens with zero attached hydrogens (tertiary/aromatic N) is 2. The number of carbonyl (C=O) groups is 1. The number of aromatic amines is 1. The smallest absolute Gasteiger partial charge is 0.292 e. The summed E-state index contributed by atoms with van der Waals surface area (Å²) < 4.78 is 0. The van der Waals surface area contributed by atoms with Crippen molar-refractivity contribution in [2.45, 2.75) is 19.8 Å². The Morgan fingerprint density at radius 2 is 2.00 bits per heavy atom. The van der Waals surface area contributed by atoms with Crippen molar-refractivity contribution in [1.82, 2.24) is 0 Å². The molecule has 6 heteroatoms. The molecule has 1 aliphatic heterocycles. The van der Waals surface area contributed by atoms with Crippen LogP contribution in [0.3, 0.4) is 0 Å². The normalized spacial score (nSPS) is 13.1. The summed E-state index contributed by atoms with van der Waals surface area (Å²) in [4.78, 5) is 16.9. The van der Waals surface area contributed by atoms with Gasteiger partial charge in [-0.15, -0.1) is 0 Å². The molecule has 0 aliphatic carbocycles. The number of nitrogen functional groups attached to an aromatic ring is 2. The number of nitrogens with two attached hydrogens (primary N) is 2. The highest BCUT2D eigenvalue weighted by Gasteiger charge is 2.38. The topological polar surface area (TPSA) is 110 Å². The highest BCUT2D eigenvalue weighted by molar-refractivity contribution is 6.07. The SMILES string of the molecule is CCc1ccc(N2C(=O)Cc3c2[nH+]c(N)c(C#N)c3N)cc1. The third-order valence-corrected chi connectivity index (χ3v) is 3.92. The molecule has 5 N–H and O–H groups in total. The zero-order valence-electron chi connectivity index (χ0n) is 12.2. The van der Waals surface area contributed by atoms with Gasteiger partial charge in [0.2, 0.25) is 11.6 Å². The van der Waals surface area contributed by atoms with Crippen LogP contribution in [0.4, 0.5) is 23.0 Å². The minimum Gasteiger partial charge on any atom is -0.397 e. The second-order valence-electron chi connectivity index (χ2n) is 5.19. The van der Waals surface area contributed by atoms with E-state index in [1.54, 1.807) is 4.90 Å². The first-order chi connectivity index (χ1) is 10.6. The largest absolute Gasteiger partial charge is 0.397 e. The molecule has 110 valence electrons. The van der Waals surface area contributed by atoms with Crippen molar-refractivity contribution in [1.29, 1.82) is 5.26 Å². The first-order valence-electron chi connectivity index (χ1n) is 7.02. The molecule has 0 bridgehead atoms. The van der Waals surface area contributed by atoms with E-state index in [4.69, 9.17) is 16.7 Å². The van der Waals surface area contributed by atoms with Crippen LogP contribution >= 0.6 is 0 Å². The highest BCUT2D eigenvalue weighted by Crippen LogP contribution is 2.37. The lowest BCUT2D eigenvalue weighted by Gasteiger charge is -2.13. The molecular formula is C16H16N5O+. The summed E-state index contributed by atoms with van der Waals surface area (Å²) in [6.45, 7) is 2.07. The standard InChI is InChI=1S/C16H15N5O/c1-2-9-3-5-10(6-4-9)21-13(22)7-11-14(18)12(8-17)15(19)20-16(11)21/h3-6H,2,7H2,1H3,(H4,18,19,20)/p+1. The number of pyridine rings is 1. The third-order valence-electron chi connectivity index (χ3n) is 3.92. The van der Waals surface area contributed by atoms with Gasteiger partial charge in [0.1, 0.15) is 17.3 Å². The minimum absolute atomic E-state index is 0.100. The molecule has 0 unspecified atom stereocenters. The molecule has 3 rings (SSSR count). The van der Waals surface area contributed by atoms with Gasteiger partial charge in [-0.2, -0.15) is 10.2 Å². The zero-order chi connectivity index (χ0) is 15.9. The summed E-state index contributed by atoms with van der Waals surface area (Å²) >= 11 is 0. The van der Waals surface area contributed by atoms with Crippen LogP contribution in [0.1, 0.15) is 23.6 Å². The molecule has 1 amide bonds. The minimum atomic E-state index is -0.100. The van der Waals surface area contributed by atoms with Crippen molar-refractivity contribution in [3.8, 4) is 6.07 Å². The average molecular weight is 294 g/mol. The van der Waals surface area contributed by atoms with Gasteiger partial charge in [-0.05, 0) is 24.1 Å². The van der Waals surface area contributed by atoms with E-state index in [2.05, 4.69) is 11.9 Å². The van der Waals surface area contributed by atoms with E-state index >= 15 is 0 Å². The van der Waals surface area contributed by atoms with Gasteiger partial charge in [-0.25, -0.2) is 4.98 Å². The number of fused-ring (bicyclic) bond motifs is 1. The molecule has 0 saturated heterocycles. The summed E-state index contributed by atoms with van der Waals surface area (Å²) in [5, 5.41) is 9.11. The number of hydrogen-bond acceptors (Lipinski definition) is 4. The van der Waals surface area contributed by atoms with Crippen molar-refractivity contribution in [2.75, 3.05) is 16.4 Å². The fourth-order valence-corrected chi connectivity index (χ4v) is 2.69. The van der Waals surface area contributed by atoms with E-state index in [9.17, 15) is 4.79 Å². The molecule has 0 saturated carbocycles. The summed E-state index contributed by atoms with van der Waals surface area (Å²) in [5.41, 5.74) is 14.9. The van der Waals surface area contributed by atoms with Crippen molar-refractivity contribution in [2.24, 2.45) is 0 Å². The van der Waals surface area contributed by atoms with Crippen LogP contribution in [0.15, 0.2) is 24.3 Å². The lowest BCUT2D eigenvalue weighted by molar-refractivity contribution is -0.344. The Bertz CT molecular complexity index is 805. The Hall–Kier alpha value is -3.07. The predicted molar refractivity (Wildman–Crippen MR) is 83.2 cm³/mol. The fourth-order valence-electron chi connectivity index (χ4n) is 2.69. The summed E-state index contributed by atoms with van der Waals surface area (Å²) in [6.07, 6.45) is 1.09. The maximum atomic E-state index is 12.4. The number of nitrogens with one attached hydrogen (secondary N) is 1. The van der Waals surface area contributed by atoms with Crippen LogP contribution in [0, 0.1) is 11.3 Å². The zero-order valence-corrected chi connectivity index (χ0v) is 12.2. The van der Waals surface area contributed by atoms with Crippen molar-refractivity contribution >= 4 is 28.9 Å². The van der Waals surface area contributed by atoms with Gasteiger partial charge in [0.15, 0.2) is 0 Å². The second-order valence-corrected chi connectivity index (χ2v) is 5.19. The van der Waals surface area contributed by atoms with Crippen molar-refractivity contribution < 1.29 is 9.78 Å². The van der Waals surface area contributed by atoms with Crippen LogP contribution < -0.4 is 21.4 Å². The number of benzene rings is 1. The Labute approximate surface area is 128 Å². The molecule has 0 fully saturated rings. The quantitative estimate of drug-likeness (QED) is 0.870. The average Bonchev–Trinajstić information content (AvgIpc) is 2.84. The molecule has 2 heterocycles. The number of carbonyl (C=O) groups excluding carboxylic acids is 1. The Balaban J connectivity index is 2.14. The number of hydrogen-bond donors (Lipinski definition) is 2. The highest BCUT2D eigenvalue weighted by atomic mass is 16.2. The molecular weight excluding hydrogens is 278 g/mol. The third kappa shape index (κ3) is 1.95. The number of H-pyrrole nitrogens is 1. The van der Waals surface area contributed by atoms with Crippen LogP contribution in [-0.4, -0.2) is 5.91 Å². The van der Waals surface area contributed by atoms with E-state index in [0.29, 0.717) is 11.4 Å².